The Kier molecular flexibility index (Phi) is 2.99. The van der Waals surface area contributed by atoms with Crippen LogP contribution in [-0.4, -0.2) is 11.3 Å². The Bertz CT molecular complexity index is 465. The first-order chi connectivity index (χ1) is 7.33. The topological polar surface area (TPSA) is 76.2 Å². The molecule has 0 fully saturated rings. The second-order valence-corrected chi connectivity index (χ2v) is 2.60. The maximum atomic E-state index is 11.9. The third kappa shape index (κ3) is 2.84. The molecule has 8 heteroatoms. The zero-order valence-corrected chi connectivity index (χ0v) is 7.49. The number of ether oxygens (including phenoxy) is 1. The van der Waals surface area contributed by atoms with Crippen molar-refractivity contribution in [2.45, 2.75) is 6.36 Å². The number of nitro benzene ring substituents is 1. The monoisotopic (exact) mass is 232 g/mol. The summed E-state index contributed by atoms with van der Waals surface area (Å²) in [6.07, 6.45) is -4.94. The predicted octanol–water partition coefficient (Wildman–Crippen LogP) is 2.37. The molecule has 1 aromatic rings. The van der Waals surface area contributed by atoms with Crippen molar-refractivity contribution >= 4 is 5.69 Å². The lowest BCUT2D eigenvalue weighted by atomic mass is 10.2. The Hall–Kier alpha value is -2.30. The quantitative estimate of drug-likeness (QED) is 0.579. The Labute approximate surface area is 86.8 Å². The van der Waals surface area contributed by atoms with E-state index in [0.717, 1.165) is 12.1 Å². The molecule has 0 aliphatic carbocycles. The standard InChI is InChI=1S/C8H3F3N2O3/c9-8(10,11)16-7-2-1-6(13(14)15)3-5(7)4-12/h1-3H. The molecule has 5 nitrogen and oxygen atoms in total. The van der Waals surface area contributed by atoms with Crippen LogP contribution < -0.4 is 4.74 Å². The van der Waals surface area contributed by atoms with E-state index in [1.54, 1.807) is 0 Å². The van der Waals surface area contributed by atoms with Gasteiger partial charge in [0.25, 0.3) is 5.69 Å². The van der Waals surface area contributed by atoms with Crippen molar-refractivity contribution in [2.75, 3.05) is 0 Å². The van der Waals surface area contributed by atoms with Gasteiger partial charge in [-0.15, -0.1) is 13.2 Å². The molecule has 0 unspecified atom stereocenters. The summed E-state index contributed by atoms with van der Waals surface area (Å²) < 4.78 is 39.1. The molecule has 0 N–H and O–H groups in total. The summed E-state index contributed by atoms with van der Waals surface area (Å²) in [4.78, 5) is 9.48. The van der Waals surface area contributed by atoms with Crippen LogP contribution in [0.25, 0.3) is 0 Å². The van der Waals surface area contributed by atoms with Crippen LogP contribution in [0.3, 0.4) is 0 Å². The van der Waals surface area contributed by atoms with Crippen LogP contribution in [0.4, 0.5) is 18.9 Å². The average Bonchev–Trinajstić information content (AvgIpc) is 2.15. The number of rotatable bonds is 2. The van der Waals surface area contributed by atoms with E-state index in [0.29, 0.717) is 6.07 Å². The molecule has 0 aliphatic rings. The van der Waals surface area contributed by atoms with E-state index in [-0.39, 0.29) is 0 Å². The van der Waals surface area contributed by atoms with Crippen LogP contribution in [-0.2, 0) is 0 Å². The summed E-state index contributed by atoms with van der Waals surface area (Å²) in [5.41, 5.74) is -1.03. The van der Waals surface area contributed by atoms with Crippen molar-refractivity contribution < 1.29 is 22.8 Å². The van der Waals surface area contributed by atoms with E-state index in [4.69, 9.17) is 5.26 Å². The third-order valence-electron chi connectivity index (χ3n) is 1.52. The van der Waals surface area contributed by atoms with Crippen LogP contribution in [0.15, 0.2) is 18.2 Å². The Balaban J connectivity index is 3.14. The minimum absolute atomic E-state index is 0.480. The fourth-order valence-corrected chi connectivity index (χ4v) is 0.933. The van der Waals surface area contributed by atoms with Crippen molar-refractivity contribution in [3.8, 4) is 11.8 Å². The molecule has 0 saturated heterocycles. The van der Waals surface area contributed by atoms with E-state index >= 15 is 0 Å². The molecule has 0 amide bonds. The fraction of sp³-hybridized carbons (Fsp3) is 0.125. The summed E-state index contributed by atoms with van der Waals surface area (Å²) in [5.74, 6) is -0.763. The zero-order chi connectivity index (χ0) is 12.3. The van der Waals surface area contributed by atoms with Gasteiger partial charge < -0.3 is 4.74 Å². The molecule has 0 spiro atoms. The number of nitriles is 1. The number of benzene rings is 1. The number of nitrogens with zero attached hydrogens (tertiary/aromatic N) is 2. The van der Waals surface area contributed by atoms with Gasteiger partial charge in [-0.2, -0.15) is 5.26 Å². The fourth-order valence-electron chi connectivity index (χ4n) is 0.933. The Morgan fingerprint density at radius 3 is 2.50 bits per heavy atom. The Morgan fingerprint density at radius 2 is 2.06 bits per heavy atom. The van der Waals surface area contributed by atoms with Gasteiger partial charge >= 0.3 is 6.36 Å². The number of alkyl halides is 3. The summed E-state index contributed by atoms with van der Waals surface area (Å²) in [5, 5.41) is 18.8. The molecule has 0 aromatic heterocycles. The van der Waals surface area contributed by atoms with Gasteiger partial charge in [0.15, 0.2) is 0 Å². The number of hydrogen-bond donors (Lipinski definition) is 0. The lowest BCUT2D eigenvalue weighted by molar-refractivity contribution is -0.385. The first-order valence-electron chi connectivity index (χ1n) is 3.78. The molecule has 0 saturated carbocycles. The maximum Gasteiger partial charge on any atom is 0.573 e. The molecular formula is C8H3F3N2O3. The minimum atomic E-state index is -4.94. The van der Waals surface area contributed by atoms with E-state index in [1.165, 1.54) is 6.07 Å². The van der Waals surface area contributed by atoms with Gasteiger partial charge in [0.2, 0.25) is 0 Å². The SMILES string of the molecule is N#Cc1cc([N+](=O)[O-])ccc1OC(F)(F)F. The van der Waals surface area contributed by atoms with Gasteiger partial charge in [-0.05, 0) is 6.07 Å². The van der Waals surface area contributed by atoms with Crippen LogP contribution in [0.1, 0.15) is 5.56 Å². The highest BCUT2D eigenvalue weighted by atomic mass is 19.4. The van der Waals surface area contributed by atoms with Gasteiger partial charge in [0.05, 0.1) is 4.92 Å². The van der Waals surface area contributed by atoms with E-state index in [2.05, 4.69) is 4.74 Å². The zero-order valence-electron chi connectivity index (χ0n) is 7.49. The van der Waals surface area contributed by atoms with E-state index in [1.807, 2.05) is 0 Å². The first-order valence-corrected chi connectivity index (χ1v) is 3.78. The van der Waals surface area contributed by atoms with Gasteiger partial charge in [-0.1, -0.05) is 0 Å². The largest absolute Gasteiger partial charge is 0.573 e. The lowest BCUT2D eigenvalue weighted by Crippen LogP contribution is -2.17. The van der Waals surface area contributed by atoms with Crippen molar-refractivity contribution in [3.05, 3.63) is 33.9 Å². The second kappa shape index (κ2) is 4.06. The van der Waals surface area contributed by atoms with Crippen molar-refractivity contribution in [1.82, 2.24) is 0 Å². The van der Waals surface area contributed by atoms with Crippen LogP contribution in [0, 0.1) is 21.4 Å². The molecule has 0 aliphatic heterocycles. The highest BCUT2D eigenvalue weighted by molar-refractivity contribution is 5.50. The summed E-state index contributed by atoms with van der Waals surface area (Å²) in [7, 11) is 0. The minimum Gasteiger partial charge on any atom is -0.404 e. The van der Waals surface area contributed by atoms with Gasteiger partial charge in [0.1, 0.15) is 17.4 Å². The predicted molar refractivity (Wildman–Crippen MR) is 44.5 cm³/mol. The van der Waals surface area contributed by atoms with Crippen LogP contribution >= 0.6 is 0 Å². The highest BCUT2D eigenvalue weighted by Crippen LogP contribution is 2.28. The molecular weight excluding hydrogens is 229 g/mol. The Morgan fingerprint density at radius 1 is 1.44 bits per heavy atom. The first kappa shape index (κ1) is 11.8. The number of hydrogen-bond acceptors (Lipinski definition) is 4. The normalized spacial score (nSPS) is 10.6. The summed E-state index contributed by atoms with van der Waals surface area (Å²) in [6.45, 7) is 0. The van der Waals surface area contributed by atoms with Crippen molar-refractivity contribution in [3.63, 3.8) is 0 Å². The maximum absolute atomic E-state index is 11.9. The lowest BCUT2D eigenvalue weighted by Gasteiger charge is -2.09. The highest BCUT2D eigenvalue weighted by Gasteiger charge is 2.32. The molecule has 0 bridgehead atoms. The molecule has 84 valence electrons. The number of halogens is 3. The molecule has 0 atom stereocenters. The molecule has 1 aromatic carbocycles. The van der Waals surface area contributed by atoms with Crippen LogP contribution in [0.5, 0.6) is 5.75 Å². The van der Waals surface area contributed by atoms with E-state index in [9.17, 15) is 23.3 Å². The molecule has 16 heavy (non-hydrogen) atoms. The summed E-state index contributed by atoms with van der Waals surface area (Å²) >= 11 is 0. The smallest absolute Gasteiger partial charge is 0.404 e. The molecule has 0 radical (unpaired) electrons. The van der Waals surface area contributed by atoms with Gasteiger partial charge in [-0.3, -0.25) is 10.1 Å². The van der Waals surface area contributed by atoms with E-state index < -0.39 is 28.3 Å². The average molecular weight is 232 g/mol. The second-order valence-electron chi connectivity index (χ2n) is 2.60. The third-order valence-corrected chi connectivity index (χ3v) is 1.52. The molecule has 0 heterocycles. The number of non-ortho nitro benzene ring substituents is 1. The summed E-state index contributed by atoms with van der Waals surface area (Å²) in [6, 6.07) is 3.64. The van der Waals surface area contributed by atoms with Crippen molar-refractivity contribution in [2.24, 2.45) is 0 Å². The van der Waals surface area contributed by atoms with Crippen molar-refractivity contribution in [1.29, 1.82) is 5.26 Å². The molecule has 1 rings (SSSR count). The van der Waals surface area contributed by atoms with Gasteiger partial charge in [0, 0.05) is 12.1 Å². The number of nitro groups is 1. The van der Waals surface area contributed by atoms with Gasteiger partial charge in [-0.25, -0.2) is 0 Å². The van der Waals surface area contributed by atoms with Crippen LogP contribution in [0.2, 0.25) is 0 Å².